The number of nitrogens with two attached hydrogens (primary N) is 1. The summed E-state index contributed by atoms with van der Waals surface area (Å²) in [5.41, 5.74) is 7.07. The number of carbonyl (C=O) groups excluding carboxylic acids is 1. The second kappa shape index (κ2) is 8.45. The van der Waals surface area contributed by atoms with E-state index in [4.69, 9.17) is 10.5 Å². The Balaban J connectivity index is 0.00000245. The molecular weight excluding hydrogens is 408 g/mol. The van der Waals surface area contributed by atoms with Gasteiger partial charge < -0.3 is 20.3 Å². The summed E-state index contributed by atoms with van der Waals surface area (Å²) in [7, 11) is 1.59. The van der Waals surface area contributed by atoms with Crippen LogP contribution in [0.2, 0.25) is 0 Å². The van der Waals surface area contributed by atoms with E-state index in [1.165, 1.54) is 4.80 Å². The number of nitrogens with zero attached hydrogens (tertiary/aromatic N) is 7. The first-order valence-electron chi connectivity index (χ1n) is 10.3. The highest BCUT2D eigenvalue weighted by Crippen LogP contribution is 2.36. The van der Waals surface area contributed by atoms with Crippen LogP contribution in [0.3, 0.4) is 0 Å². The van der Waals surface area contributed by atoms with Crippen LogP contribution in [-0.2, 0) is 0 Å². The van der Waals surface area contributed by atoms with Gasteiger partial charge in [-0.15, -0.1) is 0 Å². The maximum absolute atomic E-state index is 13.6. The third-order valence-corrected chi connectivity index (χ3v) is 6.05. The number of hydrogen-bond donors (Lipinski definition) is 1. The summed E-state index contributed by atoms with van der Waals surface area (Å²) in [6.45, 7) is 4.18. The molecule has 3 aromatic rings. The maximum atomic E-state index is 13.6. The van der Waals surface area contributed by atoms with Gasteiger partial charge in [0.2, 0.25) is 0 Å². The van der Waals surface area contributed by atoms with Crippen molar-refractivity contribution in [1.82, 2.24) is 29.9 Å². The van der Waals surface area contributed by atoms with Crippen LogP contribution in [0.4, 0.5) is 11.6 Å². The van der Waals surface area contributed by atoms with Crippen LogP contribution in [-0.4, -0.2) is 68.6 Å². The molecule has 10 nitrogen and oxygen atoms in total. The first-order valence-corrected chi connectivity index (χ1v) is 10.3. The molecule has 32 heavy (non-hydrogen) atoms. The molecule has 0 radical (unpaired) electrons. The first-order chi connectivity index (χ1) is 15.0. The molecule has 2 aliphatic rings. The molecule has 2 aromatic heterocycles. The van der Waals surface area contributed by atoms with E-state index in [0.29, 0.717) is 41.1 Å². The van der Waals surface area contributed by atoms with Crippen molar-refractivity contribution in [3.63, 3.8) is 0 Å². The Morgan fingerprint density at radius 3 is 2.66 bits per heavy atom. The summed E-state index contributed by atoms with van der Waals surface area (Å²) in [6, 6.07) is 7.27. The van der Waals surface area contributed by atoms with Crippen molar-refractivity contribution in [2.24, 2.45) is 5.92 Å². The number of hydrogen-bond acceptors (Lipinski definition) is 8. The van der Waals surface area contributed by atoms with Crippen molar-refractivity contribution in [1.29, 1.82) is 0 Å². The van der Waals surface area contributed by atoms with Gasteiger partial charge in [-0.2, -0.15) is 15.0 Å². The zero-order chi connectivity index (χ0) is 21.5. The normalized spacial score (nSPS) is 19.6. The van der Waals surface area contributed by atoms with Gasteiger partial charge in [-0.05, 0) is 31.5 Å². The Kier molecular flexibility index (Phi) is 5.68. The van der Waals surface area contributed by atoms with Crippen LogP contribution in [0.1, 0.15) is 30.0 Å². The van der Waals surface area contributed by atoms with Gasteiger partial charge in [0.05, 0.1) is 36.8 Å². The van der Waals surface area contributed by atoms with Gasteiger partial charge in [0.25, 0.3) is 5.91 Å². The summed E-state index contributed by atoms with van der Waals surface area (Å²) in [5, 5.41) is 8.40. The monoisotopic (exact) mass is 436 g/mol. The van der Waals surface area contributed by atoms with Crippen LogP contribution in [0, 0.1) is 12.8 Å². The zero-order valence-corrected chi connectivity index (χ0v) is 17.5. The first kappa shape index (κ1) is 21.5. The van der Waals surface area contributed by atoms with Gasteiger partial charge in [0, 0.05) is 31.6 Å². The number of methoxy groups -OCH3 is 1. The minimum atomic E-state index is -0.0484. The Hall–Kier alpha value is -3.69. The molecule has 1 amide bonds. The molecule has 2 fully saturated rings. The van der Waals surface area contributed by atoms with E-state index in [-0.39, 0.29) is 19.4 Å². The summed E-state index contributed by atoms with van der Waals surface area (Å²) >= 11 is 0. The molecule has 4 heterocycles. The average Bonchev–Trinajstić information content (AvgIpc) is 3.28. The summed E-state index contributed by atoms with van der Waals surface area (Å²) in [5.74, 6) is 2.97. The Morgan fingerprint density at radius 2 is 1.94 bits per heavy atom. The lowest BCUT2D eigenvalue weighted by Gasteiger charge is -2.53. The van der Waals surface area contributed by atoms with Gasteiger partial charge >= 0.3 is 0 Å². The minimum Gasteiger partial charge on any atom is -0.497 e. The predicted octanol–water partition coefficient (Wildman–Crippen LogP) is 1.94. The fourth-order valence-electron chi connectivity index (χ4n) is 4.46. The van der Waals surface area contributed by atoms with Crippen molar-refractivity contribution in [2.75, 3.05) is 37.4 Å². The van der Waals surface area contributed by atoms with Crippen LogP contribution >= 0.6 is 0 Å². The molecule has 2 N–H and O–H groups in total. The number of piperidine rings is 1. The summed E-state index contributed by atoms with van der Waals surface area (Å²) < 4.78 is 5.36. The fraction of sp³-hybridized carbons (Fsp3) is 0.409. The van der Waals surface area contributed by atoms with Gasteiger partial charge in [-0.25, -0.2) is 9.97 Å². The topological polar surface area (TPSA) is 115 Å². The molecule has 10 heteroatoms. The SMILES string of the molecule is C.COc1ccc(-n2nccn2)c(C(=O)N2CC3CCN(c4cc(N)nc(C)n4)CC32)c1. The van der Waals surface area contributed by atoms with Crippen LogP contribution < -0.4 is 15.4 Å². The zero-order valence-electron chi connectivity index (χ0n) is 17.5. The molecule has 0 aliphatic carbocycles. The lowest BCUT2D eigenvalue weighted by molar-refractivity contribution is 0.00775. The van der Waals surface area contributed by atoms with Gasteiger partial charge in [0.1, 0.15) is 23.2 Å². The number of likely N-dealkylation sites (tertiary alicyclic amines) is 1. The van der Waals surface area contributed by atoms with Crippen molar-refractivity contribution in [3.05, 3.63) is 48.0 Å². The molecular formula is C22H28N8O2. The number of ether oxygens (including phenoxy) is 1. The van der Waals surface area contributed by atoms with Crippen molar-refractivity contribution >= 4 is 17.5 Å². The quantitative estimate of drug-likeness (QED) is 0.660. The largest absolute Gasteiger partial charge is 0.497 e. The standard InChI is InChI=1S/C21H24N8O2.CH4/c1-13-25-19(22)10-20(26-13)27-8-5-14-11-28(18(14)12-27)21(30)16-9-15(31-2)3-4-17(16)29-23-6-7-24-29;/h3-4,6-7,9-10,14,18H,5,8,11-12H2,1-2H3,(H2,22,25,26);1H4. The molecule has 168 valence electrons. The lowest BCUT2D eigenvalue weighted by Crippen LogP contribution is -2.66. The smallest absolute Gasteiger partial charge is 0.256 e. The van der Waals surface area contributed by atoms with Crippen LogP contribution in [0.25, 0.3) is 5.69 Å². The molecule has 5 rings (SSSR count). The Bertz CT molecular complexity index is 1100. The van der Waals surface area contributed by atoms with Crippen LogP contribution in [0.5, 0.6) is 5.75 Å². The molecule has 0 bridgehead atoms. The van der Waals surface area contributed by atoms with E-state index in [9.17, 15) is 4.79 Å². The number of aromatic nitrogens is 5. The fourth-order valence-corrected chi connectivity index (χ4v) is 4.46. The van der Waals surface area contributed by atoms with E-state index >= 15 is 0 Å². The number of fused-ring (bicyclic) bond motifs is 1. The Labute approximate surface area is 187 Å². The summed E-state index contributed by atoms with van der Waals surface area (Å²) in [4.78, 5) is 27.8. The number of benzene rings is 1. The van der Waals surface area contributed by atoms with Gasteiger partial charge in [-0.1, -0.05) is 7.43 Å². The number of carbonyl (C=O) groups is 1. The third kappa shape index (κ3) is 3.72. The predicted molar refractivity (Wildman–Crippen MR) is 121 cm³/mol. The van der Waals surface area contributed by atoms with E-state index in [1.807, 2.05) is 17.9 Å². The van der Waals surface area contributed by atoms with Crippen molar-refractivity contribution in [3.8, 4) is 11.4 Å². The number of anilines is 2. The maximum Gasteiger partial charge on any atom is 0.256 e. The lowest BCUT2D eigenvalue weighted by atomic mass is 9.81. The second-order valence-electron chi connectivity index (χ2n) is 7.92. The number of amides is 1. The molecule has 2 unspecified atom stereocenters. The molecule has 1 aromatic carbocycles. The molecule has 2 saturated heterocycles. The highest BCUT2D eigenvalue weighted by atomic mass is 16.5. The van der Waals surface area contributed by atoms with Crippen molar-refractivity contribution < 1.29 is 9.53 Å². The van der Waals surface area contributed by atoms with Crippen molar-refractivity contribution in [2.45, 2.75) is 26.8 Å². The van der Waals surface area contributed by atoms with E-state index < -0.39 is 0 Å². The van der Waals surface area contributed by atoms with Gasteiger partial charge in [0.15, 0.2) is 0 Å². The third-order valence-electron chi connectivity index (χ3n) is 6.05. The molecule has 0 spiro atoms. The second-order valence-corrected chi connectivity index (χ2v) is 7.92. The average molecular weight is 437 g/mol. The van der Waals surface area contributed by atoms with E-state index in [2.05, 4.69) is 25.1 Å². The van der Waals surface area contributed by atoms with E-state index in [0.717, 1.165) is 25.3 Å². The summed E-state index contributed by atoms with van der Waals surface area (Å²) in [6.07, 6.45) is 4.18. The van der Waals surface area contributed by atoms with Gasteiger partial charge in [-0.3, -0.25) is 4.79 Å². The Morgan fingerprint density at radius 1 is 1.16 bits per heavy atom. The van der Waals surface area contributed by atoms with E-state index in [1.54, 1.807) is 37.7 Å². The minimum absolute atomic E-state index is 0. The molecule has 2 aliphatic heterocycles. The number of rotatable bonds is 4. The van der Waals surface area contributed by atoms with Crippen LogP contribution in [0.15, 0.2) is 36.7 Å². The highest BCUT2D eigenvalue weighted by molar-refractivity contribution is 5.99. The number of nitrogen functional groups attached to an aromatic ring is 1. The molecule has 0 saturated carbocycles. The highest BCUT2D eigenvalue weighted by Gasteiger charge is 2.46. The molecule has 2 atom stereocenters. The number of aryl methyl sites for hydroxylation is 1.